The van der Waals surface area contributed by atoms with Crippen LogP contribution in [0.4, 0.5) is 27.6 Å². The predicted octanol–water partition coefficient (Wildman–Crippen LogP) is 3.79. The van der Waals surface area contributed by atoms with Crippen LogP contribution in [-0.2, 0) is 12.5 Å². The van der Waals surface area contributed by atoms with Crippen LogP contribution in [0.15, 0.2) is 36.5 Å². The van der Waals surface area contributed by atoms with Gasteiger partial charge >= 0.3 is 12.1 Å². The Morgan fingerprint density at radius 3 is 2.50 bits per heavy atom. The SMILES string of the molecule is CCNC(=O)c1cc(C#N)cc(C)c1NC(=O)c1cc(Cn2nnc(C(F)(F)C(F)(F)F)n2)nn1-c1ncccc1Cl. The largest absolute Gasteiger partial charge is 0.461 e. The molecular weight excluding hydrogens is 591 g/mol. The van der Waals surface area contributed by atoms with E-state index in [0.717, 1.165) is 4.68 Å². The summed E-state index contributed by atoms with van der Waals surface area (Å²) in [7, 11) is 0. The highest BCUT2D eigenvalue weighted by Crippen LogP contribution is 2.41. The molecule has 218 valence electrons. The third-order valence-corrected chi connectivity index (χ3v) is 5.91. The van der Waals surface area contributed by atoms with E-state index < -0.39 is 36.3 Å². The average molecular weight is 609 g/mol. The number of nitrogens with zero attached hydrogens (tertiary/aromatic N) is 8. The Morgan fingerprint density at radius 2 is 1.86 bits per heavy atom. The van der Waals surface area contributed by atoms with Crippen molar-refractivity contribution >= 4 is 29.1 Å². The van der Waals surface area contributed by atoms with Crippen molar-refractivity contribution in [3.8, 4) is 11.9 Å². The summed E-state index contributed by atoms with van der Waals surface area (Å²) in [5.74, 6) is -8.62. The predicted molar refractivity (Wildman–Crippen MR) is 135 cm³/mol. The molecule has 1 aromatic carbocycles. The number of anilines is 1. The first-order valence-corrected chi connectivity index (χ1v) is 12.2. The Hall–Kier alpha value is -4.98. The highest BCUT2D eigenvalue weighted by atomic mass is 35.5. The van der Waals surface area contributed by atoms with Gasteiger partial charge in [0.25, 0.3) is 17.6 Å². The number of nitrogens with one attached hydrogen (secondary N) is 2. The Labute approximate surface area is 238 Å². The van der Waals surface area contributed by atoms with E-state index in [0.29, 0.717) is 10.4 Å². The normalized spacial score (nSPS) is 11.7. The van der Waals surface area contributed by atoms with Crippen molar-refractivity contribution in [2.24, 2.45) is 0 Å². The number of halogens is 6. The molecule has 0 fully saturated rings. The maximum absolute atomic E-state index is 13.6. The lowest BCUT2D eigenvalue weighted by Gasteiger charge is -2.15. The zero-order valence-corrected chi connectivity index (χ0v) is 22.3. The molecule has 0 bridgehead atoms. The van der Waals surface area contributed by atoms with Crippen LogP contribution in [-0.4, -0.2) is 59.5 Å². The fourth-order valence-electron chi connectivity index (χ4n) is 3.70. The summed E-state index contributed by atoms with van der Waals surface area (Å²) in [4.78, 5) is 30.8. The molecule has 0 aliphatic rings. The minimum Gasteiger partial charge on any atom is -0.352 e. The first-order chi connectivity index (χ1) is 19.8. The van der Waals surface area contributed by atoms with Gasteiger partial charge in [-0.3, -0.25) is 9.59 Å². The van der Waals surface area contributed by atoms with Crippen molar-refractivity contribution in [2.75, 3.05) is 11.9 Å². The minimum atomic E-state index is -5.94. The number of hydrogen-bond donors (Lipinski definition) is 2. The summed E-state index contributed by atoms with van der Waals surface area (Å²) in [6.45, 7) is 2.95. The topological polar surface area (TPSA) is 156 Å². The van der Waals surface area contributed by atoms with Crippen LogP contribution < -0.4 is 10.6 Å². The minimum absolute atomic E-state index is 0.00819. The summed E-state index contributed by atoms with van der Waals surface area (Å²) in [6.07, 6.45) is -4.59. The van der Waals surface area contributed by atoms with Crippen LogP contribution in [0.1, 0.15) is 50.4 Å². The Bertz CT molecular complexity index is 1710. The molecule has 18 heteroatoms. The lowest BCUT2D eigenvalue weighted by molar-refractivity contribution is -0.292. The number of alkyl halides is 5. The molecule has 0 atom stereocenters. The van der Waals surface area contributed by atoms with Gasteiger partial charge in [0.2, 0.25) is 0 Å². The van der Waals surface area contributed by atoms with Crippen molar-refractivity contribution in [2.45, 2.75) is 32.5 Å². The number of aromatic nitrogens is 7. The molecule has 12 nitrogen and oxygen atoms in total. The number of rotatable bonds is 8. The average Bonchev–Trinajstić information content (AvgIpc) is 3.57. The summed E-state index contributed by atoms with van der Waals surface area (Å²) >= 11 is 6.25. The first-order valence-electron chi connectivity index (χ1n) is 11.8. The second-order valence-electron chi connectivity index (χ2n) is 8.60. The summed E-state index contributed by atoms with van der Waals surface area (Å²) in [5, 5.41) is 28.0. The number of amides is 2. The number of tetrazole rings is 1. The Morgan fingerprint density at radius 1 is 1.12 bits per heavy atom. The Kier molecular flexibility index (Phi) is 8.20. The molecule has 3 heterocycles. The molecule has 0 radical (unpaired) electrons. The van der Waals surface area contributed by atoms with E-state index >= 15 is 0 Å². The van der Waals surface area contributed by atoms with Gasteiger partial charge in [0.05, 0.1) is 33.6 Å². The quantitative estimate of drug-likeness (QED) is 0.286. The zero-order chi connectivity index (χ0) is 30.8. The third-order valence-electron chi connectivity index (χ3n) is 5.61. The van der Waals surface area contributed by atoms with Crippen molar-refractivity contribution in [1.29, 1.82) is 5.26 Å². The third kappa shape index (κ3) is 5.88. The number of aryl methyl sites for hydroxylation is 1. The fraction of sp³-hybridized carbons (Fsp3) is 0.250. The lowest BCUT2D eigenvalue weighted by Crippen LogP contribution is -2.35. The van der Waals surface area contributed by atoms with E-state index in [9.17, 15) is 36.8 Å². The molecule has 4 aromatic rings. The van der Waals surface area contributed by atoms with Crippen LogP contribution in [0.3, 0.4) is 0 Å². The van der Waals surface area contributed by atoms with Gasteiger partial charge < -0.3 is 10.6 Å². The van der Waals surface area contributed by atoms with Crippen LogP contribution >= 0.6 is 11.6 Å². The smallest absolute Gasteiger partial charge is 0.352 e. The maximum atomic E-state index is 13.6. The van der Waals surface area contributed by atoms with Gasteiger partial charge in [-0.15, -0.1) is 10.2 Å². The summed E-state index contributed by atoms with van der Waals surface area (Å²) < 4.78 is 66.4. The van der Waals surface area contributed by atoms with Gasteiger partial charge in [0, 0.05) is 12.7 Å². The molecule has 2 amide bonds. The number of hydrogen-bond acceptors (Lipinski definition) is 8. The summed E-state index contributed by atoms with van der Waals surface area (Å²) in [5.41, 5.74) is 0.377. The number of carbonyl (C=O) groups excluding carboxylic acids is 2. The van der Waals surface area contributed by atoms with Crippen molar-refractivity contribution in [3.63, 3.8) is 0 Å². The second kappa shape index (κ2) is 11.5. The molecule has 42 heavy (non-hydrogen) atoms. The second-order valence-corrected chi connectivity index (χ2v) is 9.01. The lowest BCUT2D eigenvalue weighted by atomic mass is 10.0. The van der Waals surface area contributed by atoms with E-state index in [-0.39, 0.29) is 45.6 Å². The van der Waals surface area contributed by atoms with Crippen LogP contribution in [0.5, 0.6) is 0 Å². The summed E-state index contributed by atoms with van der Waals surface area (Å²) in [6, 6.07) is 8.84. The zero-order valence-electron chi connectivity index (χ0n) is 21.5. The van der Waals surface area contributed by atoms with Crippen molar-refractivity contribution < 1.29 is 31.5 Å². The van der Waals surface area contributed by atoms with Gasteiger partial charge in [0.1, 0.15) is 12.2 Å². The highest BCUT2D eigenvalue weighted by Gasteiger charge is 2.62. The standard InChI is InChI=1S/C24H18ClF5N10O2/c1-3-32-20(41)15-8-13(10-31)7-12(2)18(15)34-21(42)17-9-14(36-40(17)19-16(25)5-4-6-33-19)11-39-37-22(35-38-39)23(26,27)24(28,29)30/h4-9H,3,11H2,1-2H3,(H,32,41)(H,34,42). The molecule has 0 saturated heterocycles. The molecule has 0 spiro atoms. The molecule has 0 unspecified atom stereocenters. The monoisotopic (exact) mass is 608 g/mol. The number of benzene rings is 1. The van der Waals surface area contributed by atoms with Gasteiger partial charge in [-0.25, -0.2) is 9.67 Å². The molecule has 4 rings (SSSR count). The fourth-order valence-corrected chi connectivity index (χ4v) is 3.90. The number of nitriles is 1. The van der Waals surface area contributed by atoms with Gasteiger partial charge in [-0.1, -0.05) is 11.6 Å². The van der Waals surface area contributed by atoms with Gasteiger partial charge in [-0.2, -0.15) is 37.1 Å². The van der Waals surface area contributed by atoms with Crippen molar-refractivity contribution in [3.05, 3.63) is 75.5 Å². The van der Waals surface area contributed by atoms with E-state index in [4.69, 9.17) is 11.6 Å². The van der Waals surface area contributed by atoms with Gasteiger partial charge in [0.15, 0.2) is 5.82 Å². The van der Waals surface area contributed by atoms with Crippen LogP contribution in [0.2, 0.25) is 5.02 Å². The molecule has 2 N–H and O–H groups in total. The maximum Gasteiger partial charge on any atom is 0.461 e. The molecule has 0 aliphatic carbocycles. The van der Waals surface area contributed by atoms with Crippen LogP contribution in [0.25, 0.3) is 5.82 Å². The van der Waals surface area contributed by atoms with Crippen LogP contribution in [0, 0.1) is 18.3 Å². The van der Waals surface area contributed by atoms with Crippen molar-refractivity contribution in [1.82, 2.24) is 40.3 Å². The highest BCUT2D eigenvalue weighted by molar-refractivity contribution is 6.32. The van der Waals surface area contributed by atoms with Gasteiger partial charge in [-0.05, 0) is 55.0 Å². The molecule has 0 aliphatic heterocycles. The molecule has 3 aromatic heterocycles. The molecule has 0 saturated carbocycles. The van der Waals surface area contributed by atoms with E-state index in [1.807, 2.05) is 6.07 Å². The first kappa shape index (κ1) is 30.0. The Balaban J connectivity index is 1.75. The number of carbonyl (C=O) groups is 2. The van der Waals surface area contributed by atoms with E-state index in [2.05, 4.69) is 36.1 Å². The van der Waals surface area contributed by atoms with E-state index in [1.165, 1.54) is 36.5 Å². The number of pyridine rings is 1. The van der Waals surface area contributed by atoms with E-state index in [1.54, 1.807) is 13.8 Å². The molecular formula is C24H18ClF5N10O2.